The molecular formula is C13H20N4O2. The molecule has 1 amide bonds. The number of aryl methyl sites for hydroxylation is 2. The average molecular weight is 264 g/mol. The molecule has 1 aromatic heterocycles. The van der Waals surface area contributed by atoms with Crippen LogP contribution in [0.4, 0.5) is 0 Å². The van der Waals surface area contributed by atoms with E-state index in [-0.39, 0.29) is 18.3 Å². The van der Waals surface area contributed by atoms with Gasteiger partial charge in [0.15, 0.2) is 5.84 Å². The third-order valence-corrected chi connectivity index (χ3v) is 2.72. The summed E-state index contributed by atoms with van der Waals surface area (Å²) in [5.41, 5.74) is 7.57. The molecule has 0 radical (unpaired) electrons. The van der Waals surface area contributed by atoms with E-state index in [0.717, 1.165) is 12.1 Å². The van der Waals surface area contributed by atoms with E-state index < -0.39 is 0 Å². The Kier molecular flexibility index (Phi) is 5.29. The largest absolute Gasteiger partial charge is 0.409 e. The first kappa shape index (κ1) is 14.9. The van der Waals surface area contributed by atoms with Crippen LogP contribution in [0.25, 0.3) is 0 Å². The molecule has 0 bridgehead atoms. The third-order valence-electron chi connectivity index (χ3n) is 2.72. The lowest BCUT2D eigenvalue weighted by molar-refractivity contribution is 0.0777. The number of rotatable bonds is 5. The van der Waals surface area contributed by atoms with Crippen LogP contribution in [0.15, 0.2) is 17.3 Å². The van der Waals surface area contributed by atoms with Crippen molar-refractivity contribution < 1.29 is 10.0 Å². The Hall–Kier alpha value is -2.11. The second-order valence-corrected chi connectivity index (χ2v) is 4.40. The highest BCUT2D eigenvalue weighted by Crippen LogP contribution is 2.10. The van der Waals surface area contributed by atoms with Crippen LogP contribution in [-0.4, -0.2) is 39.9 Å². The Morgan fingerprint density at radius 2 is 2.16 bits per heavy atom. The van der Waals surface area contributed by atoms with Crippen molar-refractivity contribution in [1.82, 2.24) is 9.88 Å². The Morgan fingerprint density at radius 1 is 1.47 bits per heavy atom. The van der Waals surface area contributed by atoms with Gasteiger partial charge in [0, 0.05) is 12.2 Å². The molecule has 1 rings (SSSR count). The molecule has 0 aliphatic rings. The first-order valence-electron chi connectivity index (χ1n) is 6.19. The van der Waals surface area contributed by atoms with Gasteiger partial charge in [-0.3, -0.25) is 9.78 Å². The molecule has 0 atom stereocenters. The molecule has 6 heteroatoms. The number of nitrogens with two attached hydrogens (primary N) is 1. The van der Waals surface area contributed by atoms with Gasteiger partial charge in [-0.15, -0.1) is 0 Å². The second-order valence-electron chi connectivity index (χ2n) is 4.40. The predicted molar refractivity (Wildman–Crippen MR) is 73.3 cm³/mol. The molecule has 104 valence electrons. The number of carbonyl (C=O) groups excluding carboxylic acids is 1. The Morgan fingerprint density at radius 3 is 2.68 bits per heavy atom. The molecule has 0 saturated carbocycles. The number of aromatic nitrogens is 1. The summed E-state index contributed by atoms with van der Waals surface area (Å²) in [6.07, 6.45) is 0.794. The van der Waals surface area contributed by atoms with E-state index in [1.165, 1.54) is 0 Å². The molecule has 19 heavy (non-hydrogen) atoms. The van der Waals surface area contributed by atoms with Crippen LogP contribution in [0.3, 0.4) is 0 Å². The van der Waals surface area contributed by atoms with Crippen LogP contribution in [0.1, 0.15) is 35.1 Å². The van der Waals surface area contributed by atoms with Crippen molar-refractivity contribution in [3.8, 4) is 0 Å². The number of hydrogen-bond donors (Lipinski definition) is 2. The standard InChI is InChI=1S/C13H20N4O2/c1-4-7-17(8-12(14)16-19)13(18)11-6-5-9(2)15-10(11)3/h5-6,19H,4,7-8H2,1-3H3,(H2,14,16). The maximum absolute atomic E-state index is 12.4. The van der Waals surface area contributed by atoms with Crippen LogP contribution in [0.2, 0.25) is 0 Å². The lowest BCUT2D eigenvalue weighted by Crippen LogP contribution is -2.39. The maximum atomic E-state index is 12.4. The summed E-state index contributed by atoms with van der Waals surface area (Å²) in [6.45, 7) is 6.29. The van der Waals surface area contributed by atoms with Crippen LogP contribution in [0.5, 0.6) is 0 Å². The van der Waals surface area contributed by atoms with Crippen molar-refractivity contribution in [3.05, 3.63) is 29.1 Å². The van der Waals surface area contributed by atoms with Gasteiger partial charge in [-0.05, 0) is 32.4 Å². The molecule has 3 N–H and O–H groups in total. The molecule has 1 heterocycles. The summed E-state index contributed by atoms with van der Waals surface area (Å²) in [6, 6.07) is 3.56. The summed E-state index contributed by atoms with van der Waals surface area (Å²) >= 11 is 0. The van der Waals surface area contributed by atoms with Crippen molar-refractivity contribution in [1.29, 1.82) is 0 Å². The zero-order valence-electron chi connectivity index (χ0n) is 11.6. The van der Waals surface area contributed by atoms with Gasteiger partial charge < -0.3 is 15.8 Å². The fourth-order valence-electron chi connectivity index (χ4n) is 1.83. The minimum absolute atomic E-state index is 0.0134. The van der Waals surface area contributed by atoms with E-state index in [0.29, 0.717) is 17.8 Å². The van der Waals surface area contributed by atoms with E-state index >= 15 is 0 Å². The minimum Gasteiger partial charge on any atom is -0.409 e. The van der Waals surface area contributed by atoms with Crippen molar-refractivity contribution in [2.75, 3.05) is 13.1 Å². The van der Waals surface area contributed by atoms with E-state index in [9.17, 15) is 4.79 Å². The van der Waals surface area contributed by atoms with Gasteiger partial charge in [-0.25, -0.2) is 0 Å². The fraction of sp³-hybridized carbons (Fsp3) is 0.462. The van der Waals surface area contributed by atoms with Crippen LogP contribution in [0, 0.1) is 13.8 Å². The number of carbonyl (C=O) groups is 1. The molecule has 0 saturated heterocycles. The lowest BCUT2D eigenvalue weighted by atomic mass is 10.1. The number of hydrogen-bond acceptors (Lipinski definition) is 4. The molecule has 1 aromatic rings. The van der Waals surface area contributed by atoms with Gasteiger partial charge in [0.05, 0.1) is 17.8 Å². The van der Waals surface area contributed by atoms with E-state index in [1.54, 1.807) is 24.0 Å². The molecule has 0 aliphatic heterocycles. The minimum atomic E-state index is -0.154. The average Bonchev–Trinajstić information content (AvgIpc) is 2.37. The van der Waals surface area contributed by atoms with Gasteiger partial charge in [0.2, 0.25) is 0 Å². The highest BCUT2D eigenvalue weighted by molar-refractivity contribution is 5.97. The number of pyridine rings is 1. The molecular weight excluding hydrogens is 244 g/mol. The topological polar surface area (TPSA) is 91.8 Å². The maximum Gasteiger partial charge on any atom is 0.256 e. The lowest BCUT2D eigenvalue weighted by Gasteiger charge is -2.22. The van der Waals surface area contributed by atoms with E-state index in [2.05, 4.69) is 10.1 Å². The monoisotopic (exact) mass is 264 g/mol. The third kappa shape index (κ3) is 3.94. The summed E-state index contributed by atoms with van der Waals surface area (Å²) in [4.78, 5) is 18.2. The highest BCUT2D eigenvalue weighted by Gasteiger charge is 2.18. The Bertz CT molecular complexity index is 486. The van der Waals surface area contributed by atoms with Gasteiger partial charge in [-0.1, -0.05) is 12.1 Å². The van der Waals surface area contributed by atoms with Gasteiger partial charge in [-0.2, -0.15) is 0 Å². The highest BCUT2D eigenvalue weighted by atomic mass is 16.4. The number of nitrogens with zero attached hydrogens (tertiary/aromatic N) is 3. The first-order chi connectivity index (χ1) is 8.99. The van der Waals surface area contributed by atoms with Gasteiger partial charge in [0.1, 0.15) is 0 Å². The Labute approximate surface area is 112 Å². The smallest absolute Gasteiger partial charge is 0.256 e. The van der Waals surface area contributed by atoms with Crippen molar-refractivity contribution in [2.45, 2.75) is 27.2 Å². The zero-order valence-corrected chi connectivity index (χ0v) is 11.6. The SMILES string of the molecule is CCCN(C/C(N)=N/O)C(=O)c1ccc(C)nc1C. The van der Waals surface area contributed by atoms with Gasteiger partial charge >= 0.3 is 0 Å². The molecule has 0 unspecified atom stereocenters. The van der Waals surface area contributed by atoms with Crippen LogP contribution in [-0.2, 0) is 0 Å². The van der Waals surface area contributed by atoms with Crippen molar-refractivity contribution >= 4 is 11.7 Å². The molecule has 0 aliphatic carbocycles. The molecule has 6 nitrogen and oxygen atoms in total. The zero-order chi connectivity index (χ0) is 14.4. The van der Waals surface area contributed by atoms with Crippen LogP contribution < -0.4 is 5.73 Å². The number of amidine groups is 1. The fourth-order valence-corrected chi connectivity index (χ4v) is 1.83. The molecule has 0 aromatic carbocycles. The second kappa shape index (κ2) is 6.72. The van der Waals surface area contributed by atoms with E-state index in [1.807, 2.05) is 13.8 Å². The van der Waals surface area contributed by atoms with Gasteiger partial charge in [0.25, 0.3) is 5.91 Å². The van der Waals surface area contributed by atoms with E-state index in [4.69, 9.17) is 10.9 Å². The number of amides is 1. The summed E-state index contributed by atoms with van der Waals surface area (Å²) in [5, 5.41) is 11.5. The first-order valence-corrected chi connectivity index (χ1v) is 6.19. The normalized spacial score (nSPS) is 11.4. The summed E-state index contributed by atoms with van der Waals surface area (Å²) in [5.74, 6) is -0.141. The summed E-state index contributed by atoms with van der Waals surface area (Å²) < 4.78 is 0. The van der Waals surface area contributed by atoms with Crippen molar-refractivity contribution in [2.24, 2.45) is 10.9 Å². The predicted octanol–water partition coefficient (Wildman–Crippen LogP) is 1.30. The Balaban J connectivity index is 2.98. The summed E-state index contributed by atoms with van der Waals surface area (Å²) in [7, 11) is 0. The number of oxime groups is 1. The molecule has 0 fully saturated rings. The van der Waals surface area contributed by atoms with Crippen molar-refractivity contribution in [3.63, 3.8) is 0 Å². The molecule has 0 spiro atoms. The quantitative estimate of drug-likeness (QED) is 0.363. The van der Waals surface area contributed by atoms with Crippen LogP contribution >= 0.6 is 0 Å².